The molecule has 0 spiro atoms. The Morgan fingerprint density at radius 3 is 2.31 bits per heavy atom. The van der Waals surface area contributed by atoms with Gasteiger partial charge in [0.15, 0.2) is 0 Å². The molecule has 1 aromatic heterocycles. The monoisotopic (exact) mass is 461 g/mol. The second-order valence-corrected chi connectivity index (χ2v) is 7.08. The number of benzene rings is 2. The first kappa shape index (κ1) is 22.7. The number of carbonyl (C=O) groups excluding carboxylic acids is 3. The normalized spacial score (nSPS) is 11.2. The maximum atomic E-state index is 12.6. The molecule has 11 heteroatoms. The van der Waals surface area contributed by atoms with Crippen molar-refractivity contribution in [3.8, 4) is 5.75 Å². The van der Waals surface area contributed by atoms with Gasteiger partial charge in [0.2, 0.25) is 0 Å². The van der Waals surface area contributed by atoms with E-state index in [1.807, 2.05) is 5.43 Å². The molecule has 0 atom stereocenters. The van der Waals surface area contributed by atoms with Crippen LogP contribution in [0.5, 0.6) is 5.75 Å². The topological polar surface area (TPSA) is 96.9 Å². The Labute approximate surface area is 183 Å². The number of carbonyl (C=O) groups is 3. The van der Waals surface area contributed by atoms with Crippen molar-refractivity contribution >= 4 is 41.0 Å². The third-order valence-electron chi connectivity index (χ3n) is 3.89. The van der Waals surface area contributed by atoms with E-state index in [-0.39, 0.29) is 11.4 Å². The fourth-order valence-corrected chi connectivity index (χ4v) is 2.97. The maximum Gasteiger partial charge on any atom is 0.416 e. The standard InChI is InChI=1S/C21H14F3N3O4S/c22-21(23,24)14-7-9-15(10-8-14)26-18(28)19(29)27-25-12-13-4-1-2-5-16(13)31-20(30)17-6-3-11-32-17/h1-12H,(H,26,28)(H,27,29)/b25-12+. The number of anilines is 1. The van der Waals surface area contributed by atoms with E-state index in [0.29, 0.717) is 10.4 Å². The molecule has 0 bridgehead atoms. The molecule has 0 fully saturated rings. The van der Waals surface area contributed by atoms with Gasteiger partial charge in [-0.15, -0.1) is 11.3 Å². The molecule has 2 N–H and O–H groups in total. The van der Waals surface area contributed by atoms with Crippen molar-refractivity contribution in [1.82, 2.24) is 5.43 Å². The Bertz CT molecular complexity index is 1140. The van der Waals surface area contributed by atoms with Crippen LogP contribution in [-0.2, 0) is 15.8 Å². The van der Waals surface area contributed by atoms with Gasteiger partial charge in [0.25, 0.3) is 0 Å². The minimum absolute atomic E-state index is 0.00737. The van der Waals surface area contributed by atoms with Crippen LogP contribution in [0.25, 0.3) is 0 Å². The Balaban J connectivity index is 1.58. The molecule has 164 valence electrons. The molecule has 0 aliphatic carbocycles. The van der Waals surface area contributed by atoms with Crippen LogP contribution in [0.3, 0.4) is 0 Å². The van der Waals surface area contributed by atoms with Crippen LogP contribution in [0.15, 0.2) is 71.1 Å². The first-order chi connectivity index (χ1) is 15.2. The summed E-state index contributed by atoms with van der Waals surface area (Å²) in [6.07, 6.45) is -3.33. The van der Waals surface area contributed by atoms with E-state index in [9.17, 15) is 27.6 Å². The average molecular weight is 461 g/mol. The number of hydrogen-bond acceptors (Lipinski definition) is 6. The highest BCUT2D eigenvalue weighted by molar-refractivity contribution is 7.12. The number of nitrogens with one attached hydrogen (secondary N) is 2. The second-order valence-electron chi connectivity index (χ2n) is 6.13. The average Bonchev–Trinajstić information content (AvgIpc) is 3.29. The second kappa shape index (κ2) is 9.88. The Kier molecular flexibility index (Phi) is 7.00. The summed E-state index contributed by atoms with van der Waals surface area (Å²) in [5.74, 6) is -2.63. The van der Waals surface area contributed by atoms with Crippen molar-refractivity contribution in [2.45, 2.75) is 6.18 Å². The third-order valence-corrected chi connectivity index (χ3v) is 4.74. The highest BCUT2D eigenvalue weighted by atomic mass is 32.1. The van der Waals surface area contributed by atoms with E-state index in [2.05, 4.69) is 10.4 Å². The van der Waals surface area contributed by atoms with Gasteiger partial charge in [-0.25, -0.2) is 10.2 Å². The minimum Gasteiger partial charge on any atom is -0.422 e. The van der Waals surface area contributed by atoms with Gasteiger partial charge >= 0.3 is 24.0 Å². The van der Waals surface area contributed by atoms with Crippen molar-refractivity contribution in [2.24, 2.45) is 5.10 Å². The van der Waals surface area contributed by atoms with E-state index in [4.69, 9.17) is 4.74 Å². The van der Waals surface area contributed by atoms with E-state index >= 15 is 0 Å². The van der Waals surface area contributed by atoms with Crippen LogP contribution in [-0.4, -0.2) is 24.0 Å². The third kappa shape index (κ3) is 6.01. The number of ether oxygens (including phenoxy) is 1. The van der Waals surface area contributed by atoms with Gasteiger partial charge < -0.3 is 10.1 Å². The summed E-state index contributed by atoms with van der Waals surface area (Å²) >= 11 is 1.22. The van der Waals surface area contributed by atoms with E-state index in [1.165, 1.54) is 23.6 Å². The lowest BCUT2D eigenvalue weighted by Crippen LogP contribution is -2.32. The molecular formula is C21H14F3N3O4S. The highest BCUT2D eigenvalue weighted by Gasteiger charge is 2.30. The quantitative estimate of drug-likeness (QED) is 0.197. The number of esters is 1. The number of amides is 2. The predicted molar refractivity (Wildman–Crippen MR) is 112 cm³/mol. The lowest BCUT2D eigenvalue weighted by molar-refractivity contribution is -0.137. The molecule has 0 aliphatic rings. The van der Waals surface area contributed by atoms with Gasteiger partial charge in [-0.1, -0.05) is 18.2 Å². The van der Waals surface area contributed by atoms with E-state index in [0.717, 1.165) is 24.3 Å². The fraction of sp³-hybridized carbons (Fsp3) is 0.0476. The number of halogens is 3. The molecular weight excluding hydrogens is 447 g/mol. The van der Waals surface area contributed by atoms with Gasteiger partial charge in [-0.05, 0) is 47.8 Å². The first-order valence-corrected chi connectivity index (χ1v) is 9.78. The van der Waals surface area contributed by atoms with E-state index in [1.54, 1.807) is 35.7 Å². The summed E-state index contributed by atoms with van der Waals surface area (Å²) < 4.78 is 43.0. The van der Waals surface area contributed by atoms with Crippen molar-refractivity contribution in [3.05, 3.63) is 82.0 Å². The summed E-state index contributed by atoms with van der Waals surface area (Å²) in [4.78, 5) is 36.3. The Morgan fingerprint density at radius 2 is 1.66 bits per heavy atom. The van der Waals surface area contributed by atoms with Crippen LogP contribution in [0.2, 0.25) is 0 Å². The van der Waals surface area contributed by atoms with Crippen molar-refractivity contribution in [3.63, 3.8) is 0 Å². The van der Waals surface area contributed by atoms with Gasteiger partial charge in [-0.2, -0.15) is 18.3 Å². The number of alkyl halides is 3. The van der Waals surface area contributed by atoms with Crippen molar-refractivity contribution < 1.29 is 32.3 Å². The molecule has 0 saturated heterocycles. The number of hydrogen-bond donors (Lipinski definition) is 2. The van der Waals surface area contributed by atoms with Crippen molar-refractivity contribution in [1.29, 1.82) is 0 Å². The summed E-state index contributed by atoms with van der Waals surface area (Å²) in [5.41, 5.74) is 1.48. The van der Waals surface area contributed by atoms with E-state index < -0.39 is 29.5 Å². The molecule has 0 aliphatic heterocycles. The number of nitrogens with zero attached hydrogens (tertiary/aromatic N) is 1. The molecule has 2 amide bonds. The molecule has 0 unspecified atom stereocenters. The summed E-state index contributed by atoms with van der Waals surface area (Å²) in [7, 11) is 0. The van der Waals surface area contributed by atoms with Gasteiger partial charge in [0.05, 0.1) is 11.8 Å². The van der Waals surface area contributed by atoms with Gasteiger partial charge in [0.1, 0.15) is 10.6 Å². The number of thiophene rings is 1. The molecule has 3 rings (SSSR count). The Morgan fingerprint density at radius 1 is 0.938 bits per heavy atom. The van der Waals surface area contributed by atoms with Crippen LogP contribution < -0.4 is 15.5 Å². The smallest absolute Gasteiger partial charge is 0.416 e. The predicted octanol–water partition coefficient (Wildman–Crippen LogP) is 4.07. The molecule has 7 nitrogen and oxygen atoms in total. The summed E-state index contributed by atoms with van der Waals surface area (Å²) in [6, 6.07) is 13.3. The first-order valence-electron chi connectivity index (χ1n) is 8.90. The van der Waals surface area contributed by atoms with Crippen molar-refractivity contribution in [2.75, 3.05) is 5.32 Å². The van der Waals surface area contributed by atoms with Crippen LogP contribution in [0, 0.1) is 0 Å². The van der Waals surface area contributed by atoms with Crippen LogP contribution in [0.4, 0.5) is 18.9 Å². The summed E-state index contributed by atoms with van der Waals surface area (Å²) in [6.45, 7) is 0. The van der Waals surface area contributed by atoms with Crippen LogP contribution >= 0.6 is 11.3 Å². The minimum atomic E-state index is -4.51. The number of hydrazone groups is 1. The highest BCUT2D eigenvalue weighted by Crippen LogP contribution is 2.29. The molecule has 2 aromatic carbocycles. The zero-order valence-corrected chi connectivity index (χ0v) is 16.9. The Hall–Kier alpha value is -3.99. The van der Waals surface area contributed by atoms with Gasteiger partial charge in [-0.3, -0.25) is 9.59 Å². The molecule has 0 radical (unpaired) electrons. The molecule has 3 aromatic rings. The van der Waals surface area contributed by atoms with Crippen LogP contribution in [0.1, 0.15) is 20.8 Å². The maximum absolute atomic E-state index is 12.6. The molecule has 1 heterocycles. The van der Waals surface area contributed by atoms with Gasteiger partial charge in [0, 0.05) is 11.3 Å². The number of rotatable bonds is 5. The number of para-hydroxylation sites is 1. The largest absolute Gasteiger partial charge is 0.422 e. The zero-order chi connectivity index (χ0) is 23.1. The lowest BCUT2D eigenvalue weighted by atomic mass is 10.2. The zero-order valence-electron chi connectivity index (χ0n) is 16.1. The summed E-state index contributed by atoms with van der Waals surface area (Å²) in [5, 5.41) is 7.55. The molecule has 32 heavy (non-hydrogen) atoms. The fourth-order valence-electron chi connectivity index (χ4n) is 2.37. The SMILES string of the molecule is O=C(N/N=C/c1ccccc1OC(=O)c1cccs1)C(=O)Nc1ccc(C(F)(F)F)cc1. The lowest BCUT2D eigenvalue weighted by Gasteiger charge is -2.08. The molecule has 0 saturated carbocycles.